The molecule has 0 saturated carbocycles. The Labute approximate surface area is 98.4 Å². The number of hydrogen-bond donors (Lipinski definition) is 1. The van der Waals surface area contributed by atoms with Gasteiger partial charge in [-0.2, -0.15) is 0 Å². The summed E-state index contributed by atoms with van der Waals surface area (Å²) in [4.78, 5) is 0. The molecule has 0 spiro atoms. The van der Waals surface area contributed by atoms with Crippen molar-refractivity contribution in [1.82, 2.24) is 0 Å². The monoisotopic (exact) mass is 219 g/mol. The van der Waals surface area contributed by atoms with Crippen molar-refractivity contribution in [3.05, 3.63) is 53.3 Å². The van der Waals surface area contributed by atoms with Crippen LogP contribution in [0.1, 0.15) is 15.2 Å². The van der Waals surface area contributed by atoms with E-state index in [2.05, 4.69) is 0 Å². The van der Waals surface area contributed by atoms with E-state index in [9.17, 15) is 9.50 Å². The predicted octanol–water partition coefficient (Wildman–Crippen LogP) is 3.82. The molecule has 0 aliphatic rings. The second-order valence-corrected chi connectivity index (χ2v) is 3.64. The number of aryl methyl sites for hydroxylation is 1. The summed E-state index contributed by atoms with van der Waals surface area (Å²) in [6.07, 6.45) is 0. The summed E-state index contributed by atoms with van der Waals surface area (Å²) < 4.78 is 34.9. The molecule has 2 heteroatoms. The number of phenols is 1. The lowest BCUT2D eigenvalue weighted by Gasteiger charge is -2.09. The molecule has 1 N–H and O–H groups in total. The van der Waals surface area contributed by atoms with Crippen LogP contribution in [0.3, 0.4) is 0 Å². The van der Waals surface area contributed by atoms with Crippen molar-refractivity contribution in [2.45, 2.75) is 13.8 Å². The van der Waals surface area contributed by atoms with E-state index in [4.69, 9.17) is 4.11 Å². The second-order valence-electron chi connectivity index (χ2n) is 3.64. The summed E-state index contributed by atoms with van der Waals surface area (Å²) in [5.41, 5.74) is 1.81. The largest absolute Gasteiger partial charge is 0.507 e. The molecule has 0 atom stereocenters. The van der Waals surface area contributed by atoms with E-state index >= 15 is 0 Å². The van der Waals surface area contributed by atoms with Crippen LogP contribution in [-0.2, 0) is 0 Å². The van der Waals surface area contributed by atoms with E-state index < -0.39 is 6.85 Å². The van der Waals surface area contributed by atoms with Gasteiger partial charge in [-0.05, 0) is 48.2 Å². The van der Waals surface area contributed by atoms with Gasteiger partial charge in [0.25, 0.3) is 0 Å². The van der Waals surface area contributed by atoms with Gasteiger partial charge >= 0.3 is 0 Å². The van der Waals surface area contributed by atoms with E-state index in [0.717, 1.165) is 5.56 Å². The molecule has 16 heavy (non-hydrogen) atoms. The van der Waals surface area contributed by atoms with Crippen LogP contribution in [0, 0.1) is 19.6 Å². The Kier molecular flexibility index (Phi) is 1.85. The quantitative estimate of drug-likeness (QED) is 0.773. The zero-order chi connectivity index (χ0) is 14.2. The first-order chi connectivity index (χ1) is 8.80. The fraction of sp³-hybridized carbons (Fsp3) is 0.143. The average molecular weight is 219 g/mol. The van der Waals surface area contributed by atoms with Crippen molar-refractivity contribution in [3.8, 4) is 16.9 Å². The molecule has 0 fully saturated rings. The van der Waals surface area contributed by atoms with Gasteiger partial charge in [0, 0.05) is 4.11 Å². The molecular weight excluding hydrogens is 203 g/mol. The van der Waals surface area contributed by atoms with Crippen LogP contribution >= 0.6 is 0 Å². The molecule has 0 saturated heterocycles. The minimum Gasteiger partial charge on any atom is -0.507 e. The normalized spacial score (nSPS) is 14.0. The number of halogens is 1. The number of phenolic OH excluding ortho intramolecular Hbond substituents is 1. The zero-order valence-corrected chi connectivity index (χ0v) is 8.79. The summed E-state index contributed by atoms with van der Waals surface area (Å²) in [7, 11) is 0. The van der Waals surface area contributed by atoms with Crippen LogP contribution in [-0.4, -0.2) is 5.11 Å². The van der Waals surface area contributed by atoms with Crippen molar-refractivity contribution in [2.24, 2.45) is 0 Å². The maximum absolute atomic E-state index is 12.9. The number of hydrogen-bond acceptors (Lipinski definition) is 1. The van der Waals surface area contributed by atoms with E-state index in [1.54, 1.807) is 25.1 Å². The van der Waals surface area contributed by atoms with Crippen LogP contribution in [0.15, 0.2) is 36.4 Å². The molecule has 0 aliphatic heterocycles. The minimum absolute atomic E-state index is 0.0733. The van der Waals surface area contributed by atoms with Gasteiger partial charge in [0.1, 0.15) is 11.6 Å². The fourth-order valence-electron chi connectivity index (χ4n) is 1.64. The molecule has 0 radical (unpaired) electrons. The Morgan fingerprint density at radius 1 is 1.12 bits per heavy atom. The topological polar surface area (TPSA) is 20.2 Å². The number of benzene rings is 2. The van der Waals surface area contributed by atoms with Gasteiger partial charge in [0.05, 0.1) is 0 Å². The zero-order valence-electron chi connectivity index (χ0n) is 11.8. The van der Waals surface area contributed by atoms with Gasteiger partial charge < -0.3 is 5.11 Å². The molecule has 0 aliphatic carbocycles. The first kappa shape index (κ1) is 7.44. The lowest BCUT2D eigenvalue weighted by atomic mass is 9.98. The van der Waals surface area contributed by atoms with E-state index in [1.165, 1.54) is 18.2 Å². The molecule has 0 aromatic heterocycles. The van der Waals surface area contributed by atoms with Gasteiger partial charge in [0.2, 0.25) is 0 Å². The maximum atomic E-state index is 12.9. The minimum atomic E-state index is -2.35. The van der Waals surface area contributed by atoms with Crippen LogP contribution in [0.5, 0.6) is 5.75 Å². The maximum Gasteiger partial charge on any atom is 0.123 e. The van der Waals surface area contributed by atoms with Gasteiger partial charge in [-0.3, -0.25) is 0 Å². The first-order valence-electron chi connectivity index (χ1n) is 6.39. The van der Waals surface area contributed by atoms with Crippen molar-refractivity contribution in [3.63, 3.8) is 0 Å². The fourth-order valence-corrected chi connectivity index (χ4v) is 1.64. The smallest absolute Gasteiger partial charge is 0.123 e. The third kappa shape index (κ3) is 1.78. The molecule has 2 aromatic carbocycles. The molecule has 0 heterocycles. The molecule has 0 amide bonds. The number of aromatic hydroxyl groups is 1. The van der Waals surface area contributed by atoms with Crippen LogP contribution < -0.4 is 0 Å². The van der Waals surface area contributed by atoms with E-state index in [0.29, 0.717) is 11.1 Å². The average Bonchev–Trinajstić information content (AvgIpc) is 2.32. The van der Waals surface area contributed by atoms with Crippen LogP contribution in [0.4, 0.5) is 4.39 Å². The van der Waals surface area contributed by atoms with Crippen LogP contribution in [0.25, 0.3) is 11.1 Å². The molecule has 0 unspecified atom stereocenters. The van der Waals surface area contributed by atoms with Gasteiger partial charge in [0.15, 0.2) is 0 Å². The lowest BCUT2D eigenvalue weighted by Crippen LogP contribution is -1.87. The summed E-state index contributed by atoms with van der Waals surface area (Å²) in [6, 6.07) is 8.84. The van der Waals surface area contributed by atoms with Gasteiger partial charge in [-0.25, -0.2) is 4.39 Å². The third-order valence-electron chi connectivity index (χ3n) is 2.59. The van der Waals surface area contributed by atoms with Crippen molar-refractivity contribution in [2.75, 3.05) is 0 Å². The predicted molar refractivity (Wildman–Crippen MR) is 63.0 cm³/mol. The highest BCUT2D eigenvalue weighted by Gasteiger charge is 2.07. The molecule has 2 rings (SSSR count). The summed E-state index contributed by atoms with van der Waals surface area (Å²) in [5.74, 6) is -0.577. The van der Waals surface area contributed by atoms with Crippen LogP contribution in [0.2, 0.25) is 0 Å². The Bertz CT molecular complexity index is 603. The Balaban J connectivity index is 2.56. The first-order valence-corrected chi connectivity index (χ1v) is 4.89. The molecule has 82 valence electrons. The van der Waals surface area contributed by atoms with E-state index in [1.807, 2.05) is 0 Å². The molecular formula is C14H13FO. The summed E-state index contributed by atoms with van der Waals surface area (Å²) in [6.45, 7) is -0.709. The Hall–Kier alpha value is -1.83. The van der Waals surface area contributed by atoms with Crippen molar-refractivity contribution >= 4 is 0 Å². The summed E-state index contributed by atoms with van der Waals surface area (Å²) >= 11 is 0. The van der Waals surface area contributed by atoms with Crippen molar-refractivity contribution < 1.29 is 13.6 Å². The number of rotatable bonds is 1. The standard InChI is InChI=1S/C14H13FO/c1-9-3-8-13(10(2)14(9)16)11-4-6-12(15)7-5-11/h3-8,16H,1-2H3/i1D3. The molecule has 0 bridgehead atoms. The lowest BCUT2D eigenvalue weighted by molar-refractivity contribution is 0.467. The molecule has 1 nitrogen and oxygen atoms in total. The third-order valence-corrected chi connectivity index (χ3v) is 2.59. The Morgan fingerprint density at radius 2 is 1.81 bits per heavy atom. The highest BCUT2D eigenvalue weighted by Crippen LogP contribution is 2.31. The van der Waals surface area contributed by atoms with E-state index in [-0.39, 0.29) is 17.1 Å². The highest BCUT2D eigenvalue weighted by atomic mass is 19.1. The summed E-state index contributed by atoms with van der Waals surface area (Å²) in [5, 5.41) is 10.00. The van der Waals surface area contributed by atoms with Crippen molar-refractivity contribution in [1.29, 1.82) is 0 Å². The molecule has 2 aromatic rings. The highest BCUT2D eigenvalue weighted by molar-refractivity contribution is 5.70. The second kappa shape index (κ2) is 3.97. The Morgan fingerprint density at radius 3 is 2.44 bits per heavy atom. The van der Waals surface area contributed by atoms with Gasteiger partial charge in [-0.1, -0.05) is 24.3 Å². The SMILES string of the molecule is [2H]C([2H])([2H])c1ccc(-c2ccc(F)cc2)c(C)c1O. The van der Waals surface area contributed by atoms with Gasteiger partial charge in [-0.15, -0.1) is 0 Å².